The molecule has 0 spiro atoms. The van der Waals surface area contributed by atoms with Crippen LogP contribution in [0.1, 0.15) is 58.6 Å². The molecule has 33 heavy (non-hydrogen) atoms. The van der Waals surface area contributed by atoms with Gasteiger partial charge in [-0.05, 0) is 67.9 Å². The van der Waals surface area contributed by atoms with Crippen molar-refractivity contribution in [1.29, 1.82) is 0 Å². The van der Waals surface area contributed by atoms with E-state index in [0.29, 0.717) is 17.5 Å². The van der Waals surface area contributed by atoms with Crippen LogP contribution < -0.4 is 15.4 Å². The first kappa shape index (κ1) is 22.0. The normalized spacial score (nSPS) is 22.7. The highest BCUT2D eigenvalue weighted by Gasteiger charge is 2.35. The number of fused-ring (bicyclic) bond motifs is 1. The van der Waals surface area contributed by atoms with E-state index >= 15 is 0 Å². The molecule has 0 unspecified atom stereocenters. The number of nitrogens with one attached hydrogen (secondary N) is 2. The molecule has 1 saturated carbocycles. The largest absolute Gasteiger partial charge is 0.493 e. The van der Waals surface area contributed by atoms with Crippen LogP contribution in [-0.2, 0) is 11.2 Å². The molecule has 2 fully saturated rings. The number of nitrogens with zero attached hydrogens (tertiary/aromatic N) is 1. The molecule has 2 heterocycles. The van der Waals surface area contributed by atoms with E-state index in [4.69, 9.17) is 4.74 Å². The molecule has 6 nitrogen and oxygen atoms in total. The van der Waals surface area contributed by atoms with Gasteiger partial charge in [0.15, 0.2) is 0 Å². The lowest BCUT2D eigenvalue weighted by Crippen LogP contribution is -2.63. The van der Waals surface area contributed by atoms with Crippen molar-refractivity contribution in [2.45, 2.75) is 57.0 Å². The fourth-order valence-corrected chi connectivity index (χ4v) is 5.44. The summed E-state index contributed by atoms with van der Waals surface area (Å²) in [6.07, 6.45) is 5.86. The third-order valence-electron chi connectivity index (χ3n) is 7.37. The third kappa shape index (κ3) is 5.06. The van der Waals surface area contributed by atoms with Crippen LogP contribution in [0.5, 0.6) is 5.75 Å². The predicted octanol–water partition coefficient (Wildman–Crippen LogP) is 3.19. The molecule has 1 aliphatic carbocycles. The van der Waals surface area contributed by atoms with Crippen molar-refractivity contribution in [2.24, 2.45) is 0 Å². The SMILES string of the molecule is Cc1cccc(C(=O)NCC(=O)NC2CN([C@H]3CC[C@@H](c4ccc5c(c4)OCC5)CC3)C2)c1. The van der Waals surface area contributed by atoms with Gasteiger partial charge in [0.25, 0.3) is 5.91 Å². The molecule has 2 aliphatic heterocycles. The zero-order valence-corrected chi connectivity index (χ0v) is 19.3. The molecular formula is C27H33N3O3. The van der Waals surface area contributed by atoms with Gasteiger partial charge in [-0.2, -0.15) is 0 Å². The number of ether oxygens (including phenoxy) is 1. The Hall–Kier alpha value is -2.86. The summed E-state index contributed by atoms with van der Waals surface area (Å²) in [4.78, 5) is 27.0. The Balaban J connectivity index is 1.01. The number of hydrogen-bond acceptors (Lipinski definition) is 4. The van der Waals surface area contributed by atoms with Crippen LogP contribution in [0.2, 0.25) is 0 Å². The minimum atomic E-state index is -0.212. The summed E-state index contributed by atoms with van der Waals surface area (Å²) in [7, 11) is 0. The summed E-state index contributed by atoms with van der Waals surface area (Å²) in [5.74, 6) is 1.38. The Labute approximate surface area is 195 Å². The number of benzene rings is 2. The van der Waals surface area contributed by atoms with Crippen LogP contribution in [0.3, 0.4) is 0 Å². The van der Waals surface area contributed by atoms with Gasteiger partial charge in [-0.1, -0.05) is 29.8 Å². The zero-order chi connectivity index (χ0) is 22.8. The quantitative estimate of drug-likeness (QED) is 0.714. The fraction of sp³-hybridized carbons (Fsp3) is 0.481. The van der Waals surface area contributed by atoms with Gasteiger partial charge in [-0.15, -0.1) is 0 Å². The van der Waals surface area contributed by atoms with Crippen LogP contribution in [0, 0.1) is 6.92 Å². The molecule has 3 aliphatic rings. The van der Waals surface area contributed by atoms with Gasteiger partial charge in [-0.3, -0.25) is 14.5 Å². The minimum absolute atomic E-state index is 0.0128. The van der Waals surface area contributed by atoms with E-state index < -0.39 is 0 Å². The van der Waals surface area contributed by atoms with E-state index in [9.17, 15) is 9.59 Å². The Morgan fingerprint density at radius 1 is 1.06 bits per heavy atom. The molecule has 1 saturated heterocycles. The van der Waals surface area contributed by atoms with Crippen molar-refractivity contribution in [3.8, 4) is 5.75 Å². The molecule has 0 atom stereocenters. The highest BCUT2D eigenvalue weighted by Crippen LogP contribution is 2.38. The molecular weight excluding hydrogens is 414 g/mol. The average Bonchev–Trinajstić information content (AvgIpc) is 3.28. The maximum atomic E-state index is 12.3. The monoisotopic (exact) mass is 447 g/mol. The molecule has 2 amide bonds. The molecule has 2 N–H and O–H groups in total. The van der Waals surface area contributed by atoms with Gasteiger partial charge >= 0.3 is 0 Å². The molecule has 2 aromatic rings. The van der Waals surface area contributed by atoms with E-state index in [2.05, 4.69) is 33.7 Å². The van der Waals surface area contributed by atoms with Gasteiger partial charge < -0.3 is 15.4 Å². The standard InChI is InChI=1S/C27H33N3O3/c1-18-3-2-4-22(13-18)27(32)28-15-26(31)29-23-16-30(17-23)24-9-7-19(8-10-24)21-6-5-20-11-12-33-25(20)14-21/h2-6,13-14,19,23-24H,7-12,15-17H2,1H3,(H,28,32)(H,29,31)/t19-,24+. The zero-order valence-electron chi connectivity index (χ0n) is 19.3. The van der Waals surface area contributed by atoms with Gasteiger partial charge in [0.1, 0.15) is 5.75 Å². The van der Waals surface area contributed by atoms with Crippen molar-refractivity contribution in [2.75, 3.05) is 26.2 Å². The summed E-state index contributed by atoms with van der Waals surface area (Å²) in [5.41, 5.74) is 4.38. The van der Waals surface area contributed by atoms with E-state index in [1.807, 2.05) is 25.1 Å². The van der Waals surface area contributed by atoms with Gasteiger partial charge in [0.2, 0.25) is 5.91 Å². The second-order valence-corrected chi connectivity index (χ2v) is 9.74. The van der Waals surface area contributed by atoms with Crippen LogP contribution in [0.4, 0.5) is 0 Å². The Morgan fingerprint density at radius 2 is 1.88 bits per heavy atom. The first-order valence-corrected chi connectivity index (χ1v) is 12.2. The smallest absolute Gasteiger partial charge is 0.251 e. The van der Waals surface area contributed by atoms with Gasteiger partial charge in [0, 0.05) is 31.1 Å². The molecule has 6 heteroatoms. The number of likely N-dealkylation sites (tertiary alicyclic amines) is 1. The number of hydrogen-bond donors (Lipinski definition) is 2. The number of carbonyl (C=O) groups excluding carboxylic acids is 2. The summed E-state index contributed by atoms with van der Waals surface area (Å²) >= 11 is 0. The van der Waals surface area contributed by atoms with Crippen molar-refractivity contribution in [3.63, 3.8) is 0 Å². The second kappa shape index (κ2) is 9.56. The summed E-state index contributed by atoms with van der Waals surface area (Å²) in [5, 5.41) is 5.77. The van der Waals surface area contributed by atoms with Crippen LogP contribution in [0.25, 0.3) is 0 Å². The molecule has 2 aromatic carbocycles. The van der Waals surface area contributed by atoms with E-state index in [1.54, 1.807) is 6.07 Å². The topological polar surface area (TPSA) is 70.7 Å². The molecule has 0 radical (unpaired) electrons. The number of aryl methyl sites for hydroxylation is 1. The third-order valence-corrected chi connectivity index (χ3v) is 7.37. The van der Waals surface area contributed by atoms with Gasteiger partial charge in [-0.25, -0.2) is 0 Å². The van der Waals surface area contributed by atoms with E-state index in [-0.39, 0.29) is 24.4 Å². The summed E-state index contributed by atoms with van der Waals surface area (Å²) in [6.45, 7) is 4.58. The highest BCUT2D eigenvalue weighted by molar-refractivity contribution is 5.96. The number of rotatable bonds is 6. The maximum Gasteiger partial charge on any atom is 0.251 e. The first-order valence-electron chi connectivity index (χ1n) is 12.2. The predicted molar refractivity (Wildman–Crippen MR) is 128 cm³/mol. The van der Waals surface area contributed by atoms with Crippen molar-refractivity contribution in [3.05, 3.63) is 64.7 Å². The van der Waals surface area contributed by atoms with Crippen molar-refractivity contribution in [1.82, 2.24) is 15.5 Å². The molecule has 174 valence electrons. The number of amides is 2. The maximum absolute atomic E-state index is 12.3. The molecule has 0 aromatic heterocycles. The van der Waals surface area contributed by atoms with Crippen molar-refractivity contribution < 1.29 is 14.3 Å². The van der Waals surface area contributed by atoms with Gasteiger partial charge in [0.05, 0.1) is 19.2 Å². The lowest BCUT2D eigenvalue weighted by atomic mass is 9.80. The lowest BCUT2D eigenvalue weighted by Gasteiger charge is -2.46. The highest BCUT2D eigenvalue weighted by atomic mass is 16.5. The minimum Gasteiger partial charge on any atom is -0.493 e. The Bertz CT molecular complexity index is 1020. The molecule has 0 bridgehead atoms. The summed E-state index contributed by atoms with van der Waals surface area (Å²) < 4.78 is 5.75. The second-order valence-electron chi connectivity index (χ2n) is 9.74. The van der Waals surface area contributed by atoms with Crippen LogP contribution >= 0.6 is 0 Å². The Kier molecular flexibility index (Phi) is 6.36. The van der Waals surface area contributed by atoms with E-state index in [1.165, 1.54) is 36.8 Å². The average molecular weight is 448 g/mol. The van der Waals surface area contributed by atoms with Crippen molar-refractivity contribution >= 4 is 11.8 Å². The van der Waals surface area contributed by atoms with Crippen LogP contribution in [0.15, 0.2) is 42.5 Å². The molecule has 5 rings (SSSR count). The number of carbonyl (C=O) groups is 2. The van der Waals surface area contributed by atoms with E-state index in [0.717, 1.165) is 37.4 Å². The Morgan fingerprint density at radius 3 is 2.67 bits per heavy atom. The fourth-order valence-electron chi connectivity index (χ4n) is 5.44. The van der Waals surface area contributed by atoms with Crippen LogP contribution in [-0.4, -0.2) is 55.0 Å². The summed E-state index contributed by atoms with van der Waals surface area (Å²) in [6, 6.07) is 15.0. The lowest BCUT2D eigenvalue weighted by molar-refractivity contribution is -0.122. The first-order chi connectivity index (χ1) is 16.0.